The van der Waals surface area contributed by atoms with Crippen LogP contribution < -0.4 is 16.2 Å². The molecule has 1 aliphatic rings. The van der Waals surface area contributed by atoms with Gasteiger partial charge in [0.25, 0.3) is 5.91 Å². The number of nitrogens with zero attached hydrogens (tertiary/aromatic N) is 2. The summed E-state index contributed by atoms with van der Waals surface area (Å²) in [7, 11) is 0. The molecule has 0 aliphatic carbocycles. The molecule has 21 heavy (non-hydrogen) atoms. The Balaban J connectivity index is 1.97. The van der Waals surface area contributed by atoms with Crippen molar-refractivity contribution in [2.24, 2.45) is 5.84 Å². The summed E-state index contributed by atoms with van der Waals surface area (Å²) in [5.41, 5.74) is 4.85. The third-order valence-electron chi connectivity index (χ3n) is 4.13. The van der Waals surface area contributed by atoms with Crippen molar-refractivity contribution in [3.8, 4) is 0 Å². The van der Waals surface area contributed by atoms with Gasteiger partial charge in [-0.25, -0.2) is 5.84 Å². The topological polar surface area (TPSA) is 61.6 Å². The van der Waals surface area contributed by atoms with Gasteiger partial charge in [0.1, 0.15) is 0 Å². The second kappa shape index (κ2) is 7.43. The largest absolute Gasteiger partial charge is 0.369 e. The fourth-order valence-electron chi connectivity index (χ4n) is 2.97. The molecule has 1 amide bonds. The monoisotopic (exact) mass is 290 g/mol. The maximum Gasteiger partial charge on any atom is 0.251 e. The highest BCUT2D eigenvalue weighted by atomic mass is 16.2. The minimum atomic E-state index is -0.0975. The number of aryl methyl sites for hydroxylation is 1. The first kappa shape index (κ1) is 15.8. The fraction of sp³-hybridized carbons (Fsp3) is 0.562. The third kappa shape index (κ3) is 3.95. The van der Waals surface area contributed by atoms with Crippen molar-refractivity contribution in [1.82, 2.24) is 10.3 Å². The van der Waals surface area contributed by atoms with Crippen LogP contribution >= 0.6 is 0 Å². The average Bonchev–Trinajstić information content (AvgIpc) is 2.52. The summed E-state index contributed by atoms with van der Waals surface area (Å²) in [6.07, 6.45) is 1.84. The Morgan fingerprint density at radius 1 is 1.33 bits per heavy atom. The van der Waals surface area contributed by atoms with Crippen LogP contribution in [0.4, 0.5) is 5.69 Å². The second-order valence-electron chi connectivity index (χ2n) is 5.68. The van der Waals surface area contributed by atoms with Crippen molar-refractivity contribution < 1.29 is 4.79 Å². The van der Waals surface area contributed by atoms with E-state index in [0.717, 1.165) is 39.0 Å². The molecule has 5 nitrogen and oxygen atoms in total. The molecule has 5 heteroatoms. The van der Waals surface area contributed by atoms with Gasteiger partial charge >= 0.3 is 0 Å². The molecular formula is C16H26N4O. The highest BCUT2D eigenvalue weighted by Crippen LogP contribution is 2.19. The predicted octanol–water partition coefficient (Wildman–Crippen LogP) is 1.28. The summed E-state index contributed by atoms with van der Waals surface area (Å²) >= 11 is 0. The third-order valence-corrected chi connectivity index (χ3v) is 4.13. The normalized spacial score (nSPS) is 17.6. The highest BCUT2D eigenvalue weighted by molar-refractivity contribution is 5.81. The Labute approximate surface area is 127 Å². The maximum absolute atomic E-state index is 11.9. The Hall–Kier alpha value is -1.59. The molecule has 0 bridgehead atoms. The first-order chi connectivity index (χ1) is 10.2. The molecule has 1 heterocycles. The lowest BCUT2D eigenvalue weighted by Crippen LogP contribution is -2.56. The van der Waals surface area contributed by atoms with E-state index in [9.17, 15) is 4.79 Å². The molecule has 1 saturated heterocycles. The molecule has 3 N–H and O–H groups in total. The van der Waals surface area contributed by atoms with Gasteiger partial charge in [-0.05, 0) is 31.0 Å². The van der Waals surface area contributed by atoms with Crippen molar-refractivity contribution in [1.29, 1.82) is 0 Å². The molecule has 1 atom stereocenters. The van der Waals surface area contributed by atoms with E-state index in [1.54, 1.807) is 0 Å². The zero-order chi connectivity index (χ0) is 15.2. The summed E-state index contributed by atoms with van der Waals surface area (Å²) in [6.45, 7) is 7.89. The molecule has 0 radical (unpaired) electrons. The molecule has 1 aromatic rings. The Kier molecular flexibility index (Phi) is 5.59. The van der Waals surface area contributed by atoms with Crippen LogP contribution in [-0.2, 0) is 4.79 Å². The Morgan fingerprint density at radius 3 is 2.62 bits per heavy atom. The lowest BCUT2D eigenvalue weighted by atomic mass is 10.1. The quantitative estimate of drug-likeness (QED) is 0.487. The zero-order valence-electron chi connectivity index (χ0n) is 13.0. The number of piperazine rings is 1. The molecule has 0 spiro atoms. The number of carbonyl (C=O) groups excluding carboxylic acids is 1. The SMILES string of the molecule is CCCC(C(=O)NN)N1CCN(c2cccc(C)c2)CC1. The van der Waals surface area contributed by atoms with Crippen LogP contribution in [-0.4, -0.2) is 43.0 Å². The van der Waals surface area contributed by atoms with Gasteiger partial charge in [0, 0.05) is 31.9 Å². The van der Waals surface area contributed by atoms with Crippen molar-refractivity contribution in [2.75, 3.05) is 31.1 Å². The molecule has 0 saturated carbocycles. The van der Waals surface area contributed by atoms with Crippen LogP contribution in [0.2, 0.25) is 0 Å². The number of hydrogen-bond donors (Lipinski definition) is 2. The number of carbonyl (C=O) groups is 1. The van der Waals surface area contributed by atoms with Crippen molar-refractivity contribution >= 4 is 11.6 Å². The molecule has 1 aliphatic heterocycles. The van der Waals surface area contributed by atoms with Gasteiger partial charge in [0.15, 0.2) is 0 Å². The molecule has 2 rings (SSSR count). The summed E-state index contributed by atoms with van der Waals surface area (Å²) in [5.74, 6) is 5.24. The summed E-state index contributed by atoms with van der Waals surface area (Å²) < 4.78 is 0. The van der Waals surface area contributed by atoms with Crippen molar-refractivity contribution in [2.45, 2.75) is 32.7 Å². The number of hydrazine groups is 1. The van der Waals surface area contributed by atoms with Gasteiger partial charge in [0.05, 0.1) is 6.04 Å². The van der Waals surface area contributed by atoms with Gasteiger partial charge in [0.2, 0.25) is 0 Å². The van der Waals surface area contributed by atoms with Gasteiger partial charge in [-0.15, -0.1) is 0 Å². The van der Waals surface area contributed by atoms with Crippen LogP contribution in [0.1, 0.15) is 25.3 Å². The molecule has 1 fully saturated rings. The van der Waals surface area contributed by atoms with Crippen molar-refractivity contribution in [3.05, 3.63) is 29.8 Å². The molecule has 1 aromatic carbocycles. The second-order valence-corrected chi connectivity index (χ2v) is 5.68. The molecule has 0 aromatic heterocycles. The van der Waals surface area contributed by atoms with Crippen LogP contribution in [0.15, 0.2) is 24.3 Å². The fourth-order valence-corrected chi connectivity index (χ4v) is 2.97. The van der Waals surface area contributed by atoms with E-state index in [1.807, 2.05) is 0 Å². The minimum absolute atomic E-state index is 0.0687. The number of anilines is 1. The number of rotatable bonds is 5. The van der Waals surface area contributed by atoms with Gasteiger partial charge in [-0.3, -0.25) is 15.1 Å². The van der Waals surface area contributed by atoms with Crippen molar-refractivity contribution in [3.63, 3.8) is 0 Å². The smallest absolute Gasteiger partial charge is 0.251 e. The standard InChI is InChI=1S/C16H26N4O/c1-3-5-15(16(21)18-17)20-10-8-19(9-11-20)14-7-4-6-13(2)12-14/h4,6-7,12,15H,3,5,8-11,17H2,1-2H3,(H,18,21). The predicted molar refractivity (Wildman–Crippen MR) is 86.0 cm³/mol. The van der Waals surface area contributed by atoms with Gasteiger partial charge in [-0.1, -0.05) is 25.5 Å². The summed E-state index contributed by atoms with van der Waals surface area (Å²) in [5, 5.41) is 0. The summed E-state index contributed by atoms with van der Waals surface area (Å²) in [6, 6.07) is 8.48. The maximum atomic E-state index is 11.9. The number of nitrogens with one attached hydrogen (secondary N) is 1. The van der Waals surface area contributed by atoms with E-state index in [1.165, 1.54) is 11.3 Å². The lowest BCUT2D eigenvalue weighted by molar-refractivity contribution is -0.127. The van der Waals surface area contributed by atoms with Crippen LogP contribution in [0.5, 0.6) is 0 Å². The van der Waals surface area contributed by atoms with Crippen LogP contribution in [0.3, 0.4) is 0 Å². The van der Waals surface area contributed by atoms with E-state index in [-0.39, 0.29) is 11.9 Å². The van der Waals surface area contributed by atoms with Gasteiger partial charge < -0.3 is 4.90 Å². The molecule has 1 unspecified atom stereocenters. The van der Waals surface area contributed by atoms with Crippen LogP contribution in [0, 0.1) is 6.92 Å². The van der Waals surface area contributed by atoms with E-state index in [0.29, 0.717) is 0 Å². The molecule has 116 valence electrons. The van der Waals surface area contributed by atoms with Gasteiger partial charge in [-0.2, -0.15) is 0 Å². The highest BCUT2D eigenvalue weighted by Gasteiger charge is 2.27. The van der Waals surface area contributed by atoms with E-state index >= 15 is 0 Å². The van der Waals surface area contributed by atoms with E-state index in [4.69, 9.17) is 5.84 Å². The lowest BCUT2D eigenvalue weighted by Gasteiger charge is -2.39. The number of hydrogen-bond acceptors (Lipinski definition) is 4. The first-order valence-electron chi connectivity index (χ1n) is 7.71. The van der Waals surface area contributed by atoms with E-state index in [2.05, 4.69) is 53.3 Å². The van der Waals surface area contributed by atoms with Crippen LogP contribution in [0.25, 0.3) is 0 Å². The first-order valence-corrected chi connectivity index (χ1v) is 7.71. The summed E-state index contributed by atoms with van der Waals surface area (Å²) in [4.78, 5) is 16.5. The average molecular weight is 290 g/mol. The number of amides is 1. The Bertz CT molecular complexity index is 469. The zero-order valence-corrected chi connectivity index (χ0v) is 13.0. The minimum Gasteiger partial charge on any atom is -0.369 e. The molecular weight excluding hydrogens is 264 g/mol. The van der Waals surface area contributed by atoms with E-state index < -0.39 is 0 Å². The number of benzene rings is 1. The Morgan fingerprint density at radius 2 is 2.05 bits per heavy atom. The number of nitrogens with two attached hydrogens (primary N) is 1.